The van der Waals surface area contributed by atoms with Crippen LogP contribution in [0.5, 0.6) is 0 Å². The smallest absolute Gasteiger partial charge is 0.0366 e. The van der Waals surface area contributed by atoms with E-state index in [-0.39, 0.29) is 18.4 Å². The monoisotopic (exact) mass is 283 g/mol. The average Bonchev–Trinajstić information content (AvgIpc) is 2.93. The Morgan fingerprint density at radius 1 is 1.05 bits per heavy atom. The molecule has 1 aliphatic heterocycles. The number of rotatable bonds is 6. The van der Waals surface area contributed by atoms with E-state index in [9.17, 15) is 0 Å². The first-order valence-electron chi connectivity index (χ1n) is 7.12. The molecule has 1 aromatic rings. The van der Waals surface area contributed by atoms with E-state index < -0.39 is 0 Å². The third-order valence-electron chi connectivity index (χ3n) is 3.76. The molecule has 0 amide bonds. The molecule has 1 aliphatic rings. The van der Waals surface area contributed by atoms with Gasteiger partial charge >= 0.3 is 0 Å². The van der Waals surface area contributed by atoms with Crippen molar-refractivity contribution in [1.82, 2.24) is 0 Å². The minimum atomic E-state index is 0. The van der Waals surface area contributed by atoms with E-state index in [0.717, 1.165) is 25.8 Å². The van der Waals surface area contributed by atoms with Gasteiger partial charge in [0, 0.05) is 24.8 Å². The number of unbranched alkanes of at least 4 members (excludes halogenated alkanes) is 1. The molecule has 0 radical (unpaired) electrons. The molecular formula is C15H26ClN3. The molecule has 0 spiro atoms. The van der Waals surface area contributed by atoms with Gasteiger partial charge in [-0.1, -0.05) is 18.6 Å². The van der Waals surface area contributed by atoms with Crippen LogP contribution in [0.15, 0.2) is 24.3 Å². The molecule has 0 aromatic heterocycles. The second kappa shape index (κ2) is 8.41. The number of hydrogen-bond donors (Lipinski definition) is 2. The van der Waals surface area contributed by atoms with Gasteiger partial charge in [-0.25, -0.2) is 0 Å². The average molecular weight is 284 g/mol. The number of nitrogens with zero attached hydrogens (tertiary/aromatic N) is 1. The zero-order chi connectivity index (χ0) is 12.8. The first-order valence-corrected chi connectivity index (χ1v) is 7.12. The fraction of sp³-hybridized carbons (Fsp3) is 0.600. The first-order chi connectivity index (χ1) is 8.81. The summed E-state index contributed by atoms with van der Waals surface area (Å²) in [6.07, 6.45) is 5.85. The molecule has 19 heavy (non-hydrogen) atoms. The van der Waals surface area contributed by atoms with Crippen LogP contribution in [-0.4, -0.2) is 19.6 Å². The van der Waals surface area contributed by atoms with E-state index in [1.165, 1.54) is 37.2 Å². The van der Waals surface area contributed by atoms with Gasteiger partial charge < -0.3 is 16.4 Å². The quantitative estimate of drug-likeness (QED) is 0.790. The number of hydrogen-bond acceptors (Lipinski definition) is 3. The van der Waals surface area contributed by atoms with Gasteiger partial charge in [0.15, 0.2) is 0 Å². The molecule has 4 heteroatoms. The van der Waals surface area contributed by atoms with Gasteiger partial charge in [0.05, 0.1) is 0 Å². The summed E-state index contributed by atoms with van der Waals surface area (Å²) in [4.78, 5) is 2.45. The van der Waals surface area contributed by atoms with Crippen LogP contribution in [0.3, 0.4) is 0 Å². The van der Waals surface area contributed by atoms with Crippen molar-refractivity contribution in [2.75, 3.05) is 24.5 Å². The van der Waals surface area contributed by atoms with Gasteiger partial charge in [0.25, 0.3) is 0 Å². The second-order valence-electron chi connectivity index (χ2n) is 5.18. The number of halogens is 1. The molecule has 1 saturated heterocycles. The van der Waals surface area contributed by atoms with E-state index in [1.54, 1.807) is 0 Å². The van der Waals surface area contributed by atoms with Gasteiger partial charge in [-0.2, -0.15) is 0 Å². The first kappa shape index (κ1) is 16.3. The minimum Gasteiger partial charge on any atom is -0.372 e. The Bertz CT molecular complexity index is 347. The molecule has 2 rings (SSSR count). The Morgan fingerprint density at radius 3 is 2.26 bits per heavy atom. The van der Waals surface area contributed by atoms with E-state index in [2.05, 4.69) is 29.2 Å². The largest absolute Gasteiger partial charge is 0.372 e. The molecule has 0 bridgehead atoms. The third-order valence-corrected chi connectivity index (χ3v) is 3.76. The highest BCUT2D eigenvalue weighted by Gasteiger charge is 2.12. The lowest BCUT2D eigenvalue weighted by atomic mass is 10.0. The van der Waals surface area contributed by atoms with Crippen LogP contribution in [-0.2, 0) is 0 Å². The van der Waals surface area contributed by atoms with Crippen LogP contribution >= 0.6 is 12.4 Å². The summed E-state index contributed by atoms with van der Waals surface area (Å²) in [5.74, 6) is 0. The highest BCUT2D eigenvalue weighted by molar-refractivity contribution is 5.85. The predicted octanol–water partition coefficient (Wildman–Crippen LogP) is 2.84. The SMILES string of the molecule is Cl.NCCCC[C@H](N)c1ccc(N2CCCC2)cc1. The lowest BCUT2D eigenvalue weighted by Crippen LogP contribution is -2.17. The Hall–Kier alpha value is -0.770. The van der Waals surface area contributed by atoms with Crippen molar-refractivity contribution in [3.05, 3.63) is 29.8 Å². The van der Waals surface area contributed by atoms with Crippen molar-refractivity contribution in [1.29, 1.82) is 0 Å². The second-order valence-corrected chi connectivity index (χ2v) is 5.18. The Labute approximate surface area is 122 Å². The zero-order valence-corrected chi connectivity index (χ0v) is 12.4. The number of nitrogens with two attached hydrogens (primary N) is 2. The van der Waals surface area contributed by atoms with Gasteiger partial charge in [-0.15, -0.1) is 12.4 Å². The Morgan fingerprint density at radius 2 is 1.68 bits per heavy atom. The maximum Gasteiger partial charge on any atom is 0.0366 e. The zero-order valence-electron chi connectivity index (χ0n) is 11.6. The van der Waals surface area contributed by atoms with E-state index in [1.807, 2.05) is 0 Å². The number of benzene rings is 1. The van der Waals surface area contributed by atoms with Crippen molar-refractivity contribution < 1.29 is 0 Å². The van der Waals surface area contributed by atoms with Crippen LogP contribution in [0, 0.1) is 0 Å². The molecule has 1 aromatic carbocycles. The summed E-state index contributed by atoms with van der Waals surface area (Å²) in [5, 5.41) is 0. The van der Waals surface area contributed by atoms with Crippen LogP contribution < -0.4 is 16.4 Å². The van der Waals surface area contributed by atoms with Crippen molar-refractivity contribution in [3.8, 4) is 0 Å². The number of anilines is 1. The molecule has 3 nitrogen and oxygen atoms in total. The lowest BCUT2D eigenvalue weighted by Gasteiger charge is -2.19. The highest BCUT2D eigenvalue weighted by atomic mass is 35.5. The summed E-state index contributed by atoms with van der Waals surface area (Å²) < 4.78 is 0. The van der Waals surface area contributed by atoms with Gasteiger partial charge in [-0.05, 0) is 49.9 Å². The van der Waals surface area contributed by atoms with E-state index in [4.69, 9.17) is 11.5 Å². The van der Waals surface area contributed by atoms with Crippen molar-refractivity contribution in [3.63, 3.8) is 0 Å². The summed E-state index contributed by atoms with van der Waals surface area (Å²) in [6.45, 7) is 3.16. The van der Waals surface area contributed by atoms with E-state index >= 15 is 0 Å². The van der Waals surface area contributed by atoms with Crippen LogP contribution in [0.25, 0.3) is 0 Å². The predicted molar refractivity (Wildman–Crippen MR) is 85.0 cm³/mol. The molecular weight excluding hydrogens is 258 g/mol. The Balaban J connectivity index is 0.00000180. The van der Waals surface area contributed by atoms with Crippen LogP contribution in [0.4, 0.5) is 5.69 Å². The summed E-state index contributed by atoms with van der Waals surface area (Å²) >= 11 is 0. The van der Waals surface area contributed by atoms with Gasteiger partial charge in [-0.3, -0.25) is 0 Å². The molecule has 1 atom stereocenters. The van der Waals surface area contributed by atoms with Crippen molar-refractivity contribution in [2.24, 2.45) is 11.5 Å². The molecule has 108 valence electrons. The fourth-order valence-electron chi connectivity index (χ4n) is 2.58. The molecule has 0 saturated carbocycles. The highest BCUT2D eigenvalue weighted by Crippen LogP contribution is 2.23. The summed E-state index contributed by atoms with van der Waals surface area (Å²) in [5.41, 5.74) is 14.3. The van der Waals surface area contributed by atoms with Crippen LogP contribution in [0.2, 0.25) is 0 Å². The normalized spacial score (nSPS) is 16.2. The standard InChI is InChI=1S/C15H25N3.ClH/c16-10-2-1-5-15(17)13-6-8-14(9-7-13)18-11-3-4-12-18;/h6-9,15H,1-5,10-12,16-17H2;1H/t15-;/m0./s1. The fourth-order valence-corrected chi connectivity index (χ4v) is 2.58. The lowest BCUT2D eigenvalue weighted by molar-refractivity contribution is 0.591. The van der Waals surface area contributed by atoms with Gasteiger partial charge in [0.2, 0.25) is 0 Å². The molecule has 0 unspecified atom stereocenters. The molecule has 1 heterocycles. The molecule has 0 aliphatic carbocycles. The summed E-state index contributed by atoms with van der Waals surface area (Å²) in [6, 6.07) is 8.94. The van der Waals surface area contributed by atoms with Crippen molar-refractivity contribution >= 4 is 18.1 Å². The molecule has 4 N–H and O–H groups in total. The topological polar surface area (TPSA) is 55.3 Å². The summed E-state index contributed by atoms with van der Waals surface area (Å²) in [7, 11) is 0. The van der Waals surface area contributed by atoms with Gasteiger partial charge in [0.1, 0.15) is 0 Å². The minimum absolute atomic E-state index is 0. The van der Waals surface area contributed by atoms with Crippen molar-refractivity contribution in [2.45, 2.75) is 38.1 Å². The maximum atomic E-state index is 6.18. The Kier molecular flexibility index (Phi) is 7.21. The van der Waals surface area contributed by atoms with Crippen LogP contribution in [0.1, 0.15) is 43.7 Å². The molecule has 1 fully saturated rings. The third kappa shape index (κ3) is 4.68. The van der Waals surface area contributed by atoms with E-state index in [0.29, 0.717) is 0 Å². The maximum absolute atomic E-state index is 6.18.